The predicted octanol–water partition coefficient (Wildman–Crippen LogP) is 9.50. The molecule has 0 aliphatic heterocycles. The Morgan fingerprint density at radius 3 is 1.40 bits per heavy atom. The van der Waals surface area contributed by atoms with Gasteiger partial charge in [-0.05, 0) is 38.5 Å². The molecule has 0 amide bonds. The minimum atomic E-state index is -0.326. The van der Waals surface area contributed by atoms with Gasteiger partial charge in [-0.25, -0.2) is 0 Å². The van der Waals surface area contributed by atoms with Gasteiger partial charge in [-0.2, -0.15) is 0 Å². The van der Waals surface area contributed by atoms with E-state index in [1.165, 1.54) is 89.9 Å². The number of carbonyl (C=O) groups is 1. The van der Waals surface area contributed by atoms with Crippen LogP contribution in [-0.2, 0) is 9.53 Å². The van der Waals surface area contributed by atoms with Gasteiger partial charge in [0.1, 0.15) is 0 Å². The zero-order chi connectivity index (χ0) is 22.7. The minimum absolute atomic E-state index is 0.00425. The molecule has 0 radical (unpaired) electrons. The summed E-state index contributed by atoms with van der Waals surface area (Å²) in [5.74, 6) is 1.69. The second-order valence-electron chi connectivity index (χ2n) is 11.1. The minimum Gasteiger partial charge on any atom is -0.465 e. The van der Waals surface area contributed by atoms with E-state index in [1.807, 2.05) is 0 Å². The molecule has 0 aromatic rings. The summed E-state index contributed by atoms with van der Waals surface area (Å²) in [4.78, 5) is 12.4. The molecule has 0 aliphatic rings. The summed E-state index contributed by atoms with van der Waals surface area (Å²) in [5, 5.41) is 0. The van der Waals surface area contributed by atoms with Crippen molar-refractivity contribution in [1.29, 1.82) is 0 Å². The summed E-state index contributed by atoms with van der Waals surface area (Å²) < 4.78 is 5.58. The lowest BCUT2D eigenvalue weighted by Gasteiger charge is -2.22. The second-order valence-corrected chi connectivity index (χ2v) is 11.1. The monoisotopic (exact) mass is 424 g/mol. The average molecular weight is 425 g/mol. The Balaban J connectivity index is 3.52. The van der Waals surface area contributed by atoms with Crippen molar-refractivity contribution in [2.45, 2.75) is 151 Å². The Hall–Kier alpha value is -0.530. The van der Waals surface area contributed by atoms with Gasteiger partial charge in [0.2, 0.25) is 0 Å². The largest absolute Gasteiger partial charge is 0.465 e. The highest BCUT2D eigenvalue weighted by molar-refractivity contribution is 5.75. The molecule has 0 aromatic heterocycles. The van der Waals surface area contributed by atoms with Crippen molar-refractivity contribution in [3.8, 4) is 0 Å². The third kappa shape index (κ3) is 19.4. The van der Waals surface area contributed by atoms with Gasteiger partial charge in [0.15, 0.2) is 0 Å². The number of ether oxygens (including phenoxy) is 1. The van der Waals surface area contributed by atoms with E-state index in [2.05, 4.69) is 41.5 Å². The van der Waals surface area contributed by atoms with E-state index in [-0.39, 0.29) is 11.4 Å². The predicted molar refractivity (Wildman–Crippen MR) is 133 cm³/mol. The van der Waals surface area contributed by atoms with Crippen LogP contribution in [0.3, 0.4) is 0 Å². The summed E-state index contributed by atoms with van der Waals surface area (Å²) in [6, 6.07) is 0. The molecule has 0 rings (SSSR count). The first-order valence-electron chi connectivity index (χ1n) is 13.4. The van der Waals surface area contributed by atoms with Crippen LogP contribution in [0.25, 0.3) is 0 Å². The van der Waals surface area contributed by atoms with Crippen LogP contribution in [0.15, 0.2) is 0 Å². The quantitative estimate of drug-likeness (QED) is 0.135. The first-order chi connectivity index (χ1) is 14.3. The second kappa shape index (κ2) is 19.2. The lowest BCUT2D eigenvalue weighted by molar-refractivity contribution is -0.154. The summed E-state index contributed by atoms with van der Waals surface area (Å²) in [7, 11) is 0. The maximum Gasteiger partial charge on any atom is 0.311 e. The standard InChI is InChI=1S/C28H56O2/c1-25(2)21-17-13-9-7-8-12-16-20-24-30-27(29)28(5,6)23-19-15-11-10-14-18-22-26(3)4/h25-26H,7-24H2,1-6H3. The van der Waals surface area contributed by atoms with Crippen LogP contribution in [-0.4, -0.2) is 12.6 Å². The topological polar surface area (TPSA) is 26.3 Å². The molecule has 0 spiro atoms. The maximum absolute atomic E-state index is 12.4. The summed E-state index contributed by atoms with van der Waals surface area (Å²) in [6.45, 7) is 13.9. The van der Waals surface area contributed by atoms with Crippen LogP contribution in [0.5, 0.6) is 0 Å². The van der Waals surface area contributed by atoms with Gasteiger partial charge in [0.05, 0.1) is 12.0 Å². The van der Waals surface area contributed by atoms with Gasteiger partial charge in [0.25, 0.3) is 0 Å². The van der Waals surface area contributed by atoms with E-state index in [0.29, 0.717) is 6.61 Å². The van der Waals surface area contributed by atoms with Crippen LogP contribution in [0, 0.1) is 17.3 Å². The van der Waals surface area contributed by atoms with Crippen molar-refractivity contribution in [3.05, 3.63) is 0 Å². The van der Waals surface area contributed by atoms with Crippen molar-refractivity contribution in [1.82, 2.24) is 0 Å². The molecule has 0 fully saturated rings. The highest BCUT2D eigenvalue weighted by atomic mass is 16.5. The fourth-order valence-electron chi connectivity index (χ4n) is 4.00. The highest BCUT2D eigenvalue weighted by Crippen LogP contribution is 2.26. The van der Waals surface area contributed by atoms with Gasteiger partial charge in [-0.15, -0.1) is 0 Å². The van der Waals surface area contributed by atoms with Crippen molar-refractivity contribution >= 4 is 5.97 Å². The van der Waals surface area contributed by atoms with E-state index in [1.54, 1.807) is 0 Å². The van der Waals surface area contributed by atoms with Crippen molar-refractivity contribution in [2.24, 2.45) is 17.3 Å². The molecular weight excluding hydrogens is 368 g/mol. The van der Waals surface area contributed by atoms with Crippen LogP contribution < -0.4 is 0 Å². The van der Waals surface area contributed by atoms with Gasteiger partial charge < -0.3 is 4.74 Å². The van der Waals surface area contributed by atoms with Gasteiger partial charge in [-0.3, -0.25) is 4.79 Å². The first kappa shape index (κ1) is 29.5. The Kier molecular flexibility index (Phi) is 18.8. The highest BCUT2D eigenvalue weighted by Gasteiger charge is 2.28. The fraction of sp³-hybridized carbons (Fsp3) is 0.964. The Bertz CT molecular complexity index is 384. The molecule has 0 bridgehead atoms. The van der Waals surface area contributed by atoms with Crippen LogP contribution in [0.4, 0.5) is 0 Å². The Morgan fingerprint density at radius 1 is 0.600 bits per heavy atom. The SMILES string of the molecule is CC(C)CCCCCCCCCCOC(=O)C(C)(C)CCCCCCCCC(C)C. The smallest absolute Gasteiger partial charge is 0.311 e. The van der Waals surface area contributed by atoms with Gasteiger partial charge in [-0.1, -0.05) is 124 Å². The third-order valence-corrected chi connectivity index (χ3v) is 6.29. The molecule has 0 saturated carbocycles. The molecule has 0 aromatic carbocycles. The third-order valence-electron chi connectivity index (χ3n) is 6.29. The summed E-state index contributed by atoms with van der Waals surface area (Å²) in [5.41, 5.74) is -0.326. The zero-order valence-electron chi connectivity index (χ0n) is 21.7. The fourth-order valence-corrected chi connectivity index (χ4v) is 4.00. The maximum atomic E-state index is 12.4. The number of carbonyl (C=O) groups excluding carboxylic acids is 1. The molecule has 30 heavy (non-hydrogen) atoms. The van der Waals surface area contributed by atoms with Crippen LogP contribution >= 0.6 is 0 Å². The van der Waals surface area contributed by atoms with Crippen LogP contribution in [0.2, 0.25) is 0 Å². The number of unbranched alkanes of at least 4 members (excludes halogenated alkanes) is 12. The average Bonchev–Trinajstić information content (AvgIpc) is 2.67. The Labute approximate surface area is 190 Å². The first-order valence-corrected chi connectivity index (χ1v) is 13.4. The summed E-state index contributed by atoms with van der Waals surface area (Å²) >= 11 is 0. The number of hydrogen-bond donors (Lipinski definition) is 0. The molecule has 180 valence electrons. The summed E-state index contributed by atoms with van der Waals surface area (Å²) in [6.07, 6.45) is 21.8. The molecule has 0 heterocycles. The van der Waals surface area contributed by atoms with Crippen LogP contribution in [0.1, 0.15) is 151 Å². The van der Waals surface area contributed by atoms with E-state index in [4.69, 9.17) is 4.74 Å². The Morgan fingerprint density at radius 2 is 0.967 bits per heavy atom. The molecule has 0 aliphatic carbocycles. The van der Waals surface area contributed by atoms with Crippen molar-refractivity contribution < 1.29 is 9.53 Å². The van der Waals surface area contributed by atoms with Gasteiger partial charge >= 0.3 is 5.97 Å². The number of hydrogen-bond acceptors (Lipinski definition) is 2. The van der Waals surface area contributed by atoms with E-state index < -0.39 is 0 Å². The molecule has 0 atom stereocenters. The van der Waals surface area contributed by atoms with Crippen molar-refractivity contribution in [2.75, 3.05) is 6.61 Å². The van der Waals surface area contributed by atoms with E-state index >= 15 is 0 Å². The van der Waals surface area contributed by atoms with Gasteiger partial charge in [0, 0.05) is 0 Å². The molecule has 0 unspecified atom stereocenters. The normalized spacial score (nSPS) is 12.1. The van der Waals surface area contributed by atoms with E-state index in [9.17, 15) is 4.79 Å². The number of rotatable bonds is 21. The molecule has 2 nitrogen and oxygen atoms in total. The van der Waals surface area contributed by atoms with E-state index in [0.717, 1.165) is 31.1 Å². The number of esters is 1. The molecule has 0 N–H and O–H groups in total. The molecule has 2 heteroatoms. The lowest BCUT2D eigenvalue weighted by atomic mass is 9.87. The van der Waals surface area contributed by atoms with Crippen molar-refractivity contribution in [3.63, 3.8) is 0 Å². The molecular formula is C28H56O2. The zero-order valence-corrected chi connectivity index (χ0v) is 21.7. The lowest BCUT2D eigenvalue weighted by Crippen LogP contribution is -2.27. The molecule has 0 saturated heterocycles.